The van der Waals surface area contributed by atoms with Crippen LogP contribution in [0, 0.1) is 19.8 Å². The first-order chi connectivity index (χ1) is 13.8. The maximum Gasteiger partial charge on any atom is 0.256 e. The predicted molar refractivity (Wildman–Crippen MR) is 115 cm³/mol. The van der Waals surface area contributed by atoms with Crippen molar-refractivity contribution in [3.8, 4) is 17.1 Å². The molecule has 0 unspecified atom stereocenters. The van der Waals surface area contributed by atoms with Crippen LogP contribution in [0.15, 0.2) is 30.3 Å². The second kappa shape index (κ2) is 6.49. The van der Waals surface area contributed by atoms with E-state index in [4.69, 9.17) is 16.7 Å². The van der Waals surface area contributed by atoms with Crippen molar-refractivity contribution in [1.29, 1.82) is 0 Å². The van der Waals surface area contributed by atoms with Gasteiger partial charge in [-0.15, -0.1) is 0 Å². The fraction of sp³-hybridized carbons (Fsp3) is 0.391. The molecule has 1 saturated carbocycles. The molecule has 0 spiro atoms. The molecular weight excluding hydrogens is 384 g/mol. The number of aryl methyl sites for hydroxylation is 3. The highest BCUT2D eigenvalue weighted by atomic mass is 35.5. The maximum atomic E-state index is 13.0. The first-order valence-corrected chi connectivity index (χ1v) is 10.6. The normalized spacial score (nSPS) is 17.1. The van der Waals surface area contributed by atoms with E-state index in [2.05, 4.69) is 49.6 Å². The van der Waals surface area contributed by atoms with Crippen LogP contribution in [0.3, 0.4) is 0 Å². The number of benzene rings is 1. The molecule has 1 aromatic carbocycles. The quantitative estimate of drug-likeness (QED) is 0.616. The number of rotatable bonds is 4. The van der Waals surface area contributed by atoms with Gasteiger partial charge < -0.3 is 9.47 Å². The van der Waals surface area contributed by atoms with E-state index in [1.807, 2.05) is 22.7 Å². The Morgan fingerprint density at radius 2 is 1.83 bits per heavy atom. The third-order valence-corrected chi connectivity index (χ3v) is 6.74. The Morgan fingerprint density at radius 3 is 2.48 bits per heavy atom. The van der Waals surface area contributed by atoms with E-state index in [-0.39, 0.29) is 11.9 Å². The molecule has 1 fully saturated rings. The molecule has 5 rings (SSSR count). The molecule has 2 aromatic heterocycles. The van der Waals surface area contributed by atoms with E-state index >= 15 is 0 Å². The highest BCUT2D eigenvalue weighted by molar-refractivity contribution is 6.34. The van der Waals surface area contributed by atoms with E-state index in [1.54, 1.807) is 0 Å². The molecule has 1 atom stereocenters. The average molecular weight is 409 g/mol. The lowest BCUT2D eigenvalue weighted by Gasteiger charge is -2.23. The van der Waals surface area contributed by atoms with Crippen molar-refractivity contribution in [3.63, 3.8) is 0 Å². The molecule has 1 amide bonds. The minimum atomic E-state index is 0.0697. The van der Waals surface area contributed by atoms with Gasteiger partial charge in [0.05, 0.1) is 16.3 Å². The summed E-state index contributed by atoms with van der Waals surface area (Å²) in [5.74, 6) is 1.60. The fourth-order valence-electron chi connectivity index (χ4n) is 4.60. The molecule has 29 heavy (non-hydrogen) atoms. The highest BCUT2D eigenvalue weighted by Crippen LogP contribution is 2.41. The summed E-state index contributed by atoms with van der Waals surface area (Å²) in [4.78, 5) is 14.9. The summed E-state index contributed by atoms with van der Waals surface area (Å²) < 4.78 is 4.02. The number of amides is 1. The first-order valence-electron chi connectivity index (χ1n) is 10.2. The van der Waals surface area contributed by atoms with Crippen LogP contribution in [-0.2, 0) is 13.6 Å². The highest BCUT2D eigenvalue weighted by Gasteiger charge is 2.39. The SMILES string of the molecule is Cc1ccc(C)n1-c1cc(-c2cc(Cl)c3c(c2)CN([C@@H](C)C2CC2)C3=O)n(C)n1. The van der Waals surface area contributed by atoms with E-state index < -0.39 is 0 Å². The second-order valence-corrected chi connectivity index (χ2v) is 8.87. The Hall–Kier alpha value is -2.53. The van der Waals surface area contributed by atoms with Crippen LogP contribution < -0.4 is 0 Å². The van der Waals surface area contributed by atoms with Gasteiger partial charge in [0.1, 0.15) is 0 Å². The van der Waals surface area contributed by atoms with Crippen molar-refractivity contribution in [1.82, 2.24) is 19.2 Å². The number of carbonyl (C=O) groups excluding carboxylic acids is 1. The second-order valence-electron chi connectivity index (χ2n) is 8.47. The van der Waals surface area contributed by atoms with Crippen LogP contribution in [0.5, 0.6) is 0 Å². The van der Waals surface area contributed by atoms with Gasteiger partial charge in [-0.1, -0.05) is 11.6 Å². The number of halogens is 1. The van der Waals surface area contributed by atoms with Crippen molar-refractivity contribution in [2.24, 2.45) is 13.0 Å². The summed E-state index contributed by atoms with van der Waals surface area (Å²) in [6, 6.07) is 10.6. The number of aromatic nitrogens is 3. The van der Waals surface area contributed by atoms with Gasteiger partial charge in [-0.2, -0.15) is 5.10 Å². The fourth-order valence-corrected chi connectivity index (χ4v) is 4.92. The minimum absolute atomic E-state index is 0.0697. The Morgan fingerprint density at radius 1 is 1.14 bits per heavy atom. The molecule has 0 saturated heterocycles. The van der Waals surface area contributed by atoms with Gasteiger partial charge in [0.25, 0.3) is 5.91 Å². The van der Waals surface area contributed by atoms with Crippen LogP contribution >= 0.6 is 11.6 Å². The van der Waals surface area contributed by atoms with E-state index in [1.165, 1.54) is 12.8 Å². The number of carbonyl (C=O) groups is 1. The molecule has 1 aliphatic carbocycles. The minimum Gasteiger partial charge on any atom is -0.331 e. The zero-order valence-corrected chi connectivity index (χ0v) is 18.0. The van der Waals surface area contributed by atoms with Crippen molar-refractivity contribution < 1.29 is 4.79 Å². The number of nitrogens with zero attached hydrogens (tertiary/aromatic N) is 4. The van der Waals surface area contributed by atoms with Gasteiger partial charge in [0.2, 0.25) is 0 Å². The maximum absolute atomic E-state index is 13.0. The Kier molecular flexibility index (Phi) is 4.14. The molecule has 2 aliphatic rings. The van der Waals surface area contributed by atoms with Gasteiger partial charge in [-0.05, 0) is 69.4 Å². The molecule has 3 heterocycles. The van der Waals surface area contributed by atoms with Crippen LogP contribution in [-0.4, -0.2) is 31.2 Å². The number of hydrogen-bond acceptors (Lipinski definition) is 2. The molecule has 0 radical (unpaired) electrons. The van der Waals surface area contributed by atoms with E-state index in [0.29, 0.717) is 23.0 Å². The molecule has 1 aliphatic heterocycles. The summed E-state index contributed by atoms with van der Waals surface area (Å²) in [5.41, 5.74) is 5.96. The van der Waals surface area contributed by atoms with Crippen molar-refractivity contribution in [3.05, 3.63) is 57.9 Å². The third kappa shape index (κ3) is 2.91. The molecule has 0 N–H and O–H groups in total. The molecule has 150 valence electrons. The lowest BCUT2D eigenvalue weighted by molar-refractivity contribution is 0.0697. The monoisotopic (exact) mass is 408 g/mol. The Balaban J connectivity index is 1.54. The van der Waals surface area contributed by atoms with Gasteiger partial charge >= 0.3 is 0 Å². The standard InChI is InChI=1S/C23H25ClN4O/c1-13-5-6-14(2)28(13)21-11-20(26(4)25-21)17-9-18-12-27(15(3)16-7-8-16)23(29)22(18)19(24)10-17/h5-6,9-11,15-16H,7-8,12H2,1-4H3/t15-/m0/s1. The molecule has 0 bridgehead atoms. The molecule has 3 aromatic rings. The topological polar surface area (TPSA) is 43.1 Å². The number of hydrogen-bond donors (Lipinski definition) is 0. The van der Waals surface area contributed by atoms with Gasteiger partial charge in [-0.3, -0.25) is 9.48 Å². The van der Waals surface area contributed by atoms with Crippen LogP contribution in [0.1, 0.15) is 47.1 Å². The van der Waals surface area contributed by atoms with Crippen LogP contribution in [0.25, 0.3) is 17.1 Å². The summed E-state index contributed by atoms with van der Waals surface area (Å²) in [7, 11) is 1.95. The lowest BCUT2D eigenvalue weighted by Crippen LogP contribution is -2.34. The van der Waals surface area contributed by atoms with Crippen molar-refractivity contribution >= 4 is 17.5 Å². The zero-order chi connectivity index (χ0) is 20.4. The zero-order valence-electron chi connectivity index (χ0n) is 17.2. The summed E-state index contributed by atoms with van der Waals surface area (Å²) in [6.07, 6.45) is 2.44. The van der Waals surface area contributed by atoms with Gasteiger partial charge in [-0.25, -0.2) is 0 Å². The Labute approximate surface area is 175 Å². The van der Waals surface area contributed by atoms with Gasteiger partial charge in [0, 0.05) is 42.7 Å². The summed E-state index contributed by atoms with van der Waals surface area (Å²) in [5, 5.41) is 5.25. The molecular formula is C23H25ClN4O. The first kappa shape index (κ1) is 18.5. The predicted octanol–water partition coefficient (Wildman–Crippen LogP) is 4.90. The van der Waals surface area contributed by atoms with Crippen molar-refractivity contribution in [2.45, 2.75) is 46.2 Å². The number of fused-ring (bicyclic) bond motifs is 1. The smallest absolute Gasteiger partial charge is 0.256 e. The third-order valence-electron chi connectivity index (χ3n) is 6.45. The van der Waals surface area contributed by atoms with E-state index in [9.17, 15) is 4.79 Å². The Bertz CT molecular complexity index is 1120. The van der Waals surface area contributed by atoms with E-state index in [0.717, 1.165) is 34.0 Å². The molecule has 5 nitrogen and oxygen atoms in total. The largest absolute Gasteiger partial charge is 0.331 e. The lowest BCUT2D eigenvalue weighted by atomic mass is 10.0. The van der Waals surface area contributed by atoms with Crippen LogP contribution in [0.4, 0.5) is 0 Å². The average Bonchev–Trinajstić information content (AvgIpc) is 3.27. The summed E-state index contributed by atoms with van der Waals surface area (Å²) in [6.45, 7) is 6.95. The van der Waals surface area contributed by atoms with Crippen LogP contribution in [0.2, 0.25) is 5.02 Å². The summed E-state index contributed by atoms with van der Waals surface area (Å²) >= 11 is 6.61. The van der Waals surface area contributed by atoms with Gasteiger partial charge in [0.15, 0.2) is 5.82 Å². The molecule has 6 heteroatoms. The van der Waals surface area contributed by atoms with Crippen molar-refractivity contribution in [2.75, 3.05) is 0 Å².